The van der Waals surface area contributed by atoms with Gasteiger partial charge in [-0.25, -0.2) is 0 Å². The molecule has 0 spiro atoms. The number of hydrogen-bond donors (Lipinski definition) is 1. The van der Waals surface area contributed by atoms with Crippen molar-refractivity contribution in [2.45, 2.75) is 25.7 Å². The SMILES string of the molecule is CNCCCCCCOc1ccc2ccsc2c1. The Kier molecular flexibility index (Phi) is 5.49. The van der Waals surface area contributed by atoms with Gasteiger partial charge in [-0.3, -0.25) is 0 Å². The minimum Gasteiger partial charge on any atom is -0.494 e. The summed E-state index contributed by atoms with van der Waals surface area (Å²) in [5.74, 6) is 1.00. The fourth-order valence-corrected chi connectivity index (χ4v) is 2.79. The molecule has 1 aromatic heterocycles. The molecule has 3 heteroatoms. The number of thiophene rings is 1. The smallest absolute Gasteiger partial charge is 0.120 e. The van der Waals surface area contributed by atoms with E-state index in [1.54, 1.807) is 11.3 Å². The highest BCUT2D eigenvalue weighted by Gasteiger charge is 1.98. The van der Waals surface area contributed by atoms with Crippen molar-refractivity contribution in [3.8, 4) is 5.75 Å². The number of rotatable bonds is 8. The quantitative estimate of drug-likeness (QED) is 0.725. The molecule has 1 heterocycles. The van der Waals surface area contributed by atoms with Crippen LogP contribution in [0.5, 0.6) is 5.75 Å². The van der Waals surface area contributed by atoms with Crippen LogP contribution in [-0.4, -0.2) is 20.2 Å². The van der Waals surface area contributed by atoms with Gasteiger partial charge in [0.2, 0.25) is 0 Å². The fourth-order valence-electron chi connectivity index (χ4n) is 1.97. The van der Waals surface area contributed by atoms with Crippen LogP contribution in [0.4, 0.5) is 0 Å². The number of nitrogens with one attached hydrogen (secondary N) is 1. The van der Waals surface area contributed by atoms with E-state index in [9.17, 15) is 0 Å². The summed E-state index contributed by atoms with van der Waals surface area (Å²) in [5, 5.41) is 6.60. The molecule has 2 rings (SSSR count). The van der Waals surface area contributed by atoms with Crippen LogP contribution in [0.25, 0.3) is 10.1 Å². The first-order chi connectivity index (χ1) is 8.90. The van der Waals surface area contributed by atoms with E-state index < -0.39 is 0 Å². The molecule has 0 aliphatic heterocycles. The lowest BCUT2D eigenvalue weighted by Crippen LogP contribution is -2.07. The van der Waals surface area contributed by atoms with Gasteiger partial charge in [0.1, 0.15) is 5.75 Å². The van der Waals surface area contributed by atoms with Crippen molar-refractivity contribution in [1.82, 2.24) is 5.32 Å². The number of unbranched alkanes of at least 4 members (excludes halogenated alkanes) is 3. The summed E-state index contributed by atoms with van der Waals surface area (Å²) in [7, 11) is 2.00. The van der Waals surface area contributed by atoms with E-state index in [-0.39, 0.29) is 0 Å². The summed E-state index contributed by atoms with van der Waals surface area (Å²) >= 11 is 1.77. The molecule has 0 bridgehead atoms. The molecule has 0 atom stereocenters. The van der Waals surface area contributed by atoms with Crippen molar-refractivity contribution in [2.75, 3.05) is 20.2 Å². The zero-order valence-corrected chi connectivity index (χ0v) is 11.8. The Morgan fingerprint density at radius 1 is 1.11 bits per heavy atom. The first kappa shape index (κ1) is 13.4. The lowest BCUT2D eigenvalue weighted by molar-refractivity contribution is 0.305. The molecule has 0 radical (unpaired) electrons. The van der Waals surface area contributed by atoms with Crippen LogP contribution >= 0.6 is 11.3 Å². The second-order valence-electron chi connectivity index (χ2n) is 4.49. The minimum absolute atomic E-state index is 0.830. The summed E-state index contributed by atoms with van der Waals surface area (Å²) in [6.07, 6.45) is 4.95. The maximum absolute atomic E-state index is 5.78. The van der Waals surface area contributed by atoms with E-state index in [0.717, 1.165) is 25.3 Å². The normalized spacial score (nSPS) is 10.9. The molecule has 0 fully saturated rings. The summed E-state index contributed by atoms with van der Waals surface area (Å²) in [6.45, 7) is 1.95. The third-order valence-electron chi connectivity index (χ3n) is 3.02. The Morgan fingerprint density at radius 3 is 2.89 bits per heavy atom. The van der Waals surface area contributed by atoms with E-state index in [0.29, 0.717) is 0 Å². The van der Waals surface area contributed by atoms with Gasteiger partial charge in [-0.2, -0.15) is 0 Å². The Morgan fingerprint density at radius 2 is 2.00 bits per heavy atom. The summed E-state index contributed by atoms with van der Waals surface area (Å²) in [4.78, 5) is 0. The molecule has 0 aliphatic rings. The van der Waals surface area contributed by atoms with Crippen LogP contribution in [0.2, 0.25) is 0 Å². The van der Waals surface area contributed by atoms with E-state index in [4.69, 9.17) is 4.74 Å². The van der Waals surface area contributed by atoms with Gasteiger partial charge in [0.25, 0.3) is 0 Å². The lowest BCUT2D eigenvalue weighted by Gasteiger charge is -2.06. The minimum atomic E-state index is 0.830. The van der Waals surface area contributed by atoms with Crippen molar-refractivity contribution in [3.05, 3.63) is 29.6 Å². The topological polar surface area (TPSA) is 21.3 Å². The van der Waals surface area contributed by atoms with Gasteiger partial charge in [0.05, 0.1) is 6.61 Å². The van der Waals surface area contributed by atoms with E-state index in [2.05, 4.69) is 35.0 Å². The van der Waals surface area contributed by atoms with Crippen LogP contribution in [0.15, 0.2) is 29.6 Å². The maximum atomic E-state index is 5.78. The molecular weight excluding hydrogens is 242 g/mol. The molecule has 1 aromatic carbocycles. The van der Waals surface area contributed by atoms with Crippen molar-refractivity contribution >= 4 is 21.4 Å². The van der Waals surface area contributed by atoms with Crippen LogP contribution in [-0.2, 0) is 0 Å². The van der Waals surface area contributed by atoms with Gasteiger partial charge >= 0.3 is 0 Å². The average molecular weight is 263 g/mol. The predicted molar refractivity (Wildman–Crippen MR) is 79.7 cm³/mol. The van der Waals surface area contributed by atoms with Crippen LogP contribution < -0.4 is 10.1 Å². The first-order valence-electron chi connectivity index (χ1n) is 6.65. The molecule has 98 valence electrons. The number of hydrogen-bond acceptors (Lipinski definition) is 3. The van der Waals surface area contributed by atoms with E-state index in [1.165, 1.54) is 29.3 Å². The van der Waals surface area contributed by atoms with Gasteiger partial charge in [-0.15, -0.1) is 11.3 Å². The maximum Gasteiger partial charge on any atom is 0.120 e. The molecule has 18 heavy (non-hydrogen) atoms. The first-order valence-corrected chi connectivity index (χ1v) is 7.53. The number of benzene rings is 1. The van der Waals surface area contributed by atoms with Crippen LogP contribution in [0.1, 0.15) is 25.7 Å². The lowest BCUT2D eigenvalue weighted by atomic mass is 10.2. The summed E-state index contributed by atoms with van der Waals surface area (Å²) in [6, 6.07) is 8.48. The molecule has 0 aliphatic carbocycles. The Bertz CT molecular complexity index is 466. The summed E-state index contributed by atoms with van der Waals surface area (Å²) in [5.41, 5.74) is 0. The average Bonchev–Trinajstić information content (AvgIpc) is 2.85. The molecular formula is C15H21NOS. The third kappa shape index (κ3) is 4.00. The molecule has 0 unspecified atom stereocenters. The van der Waals surface area contributed by atoms with Gasteiger partial charge in [0, 0.05) is 4.70 Å². The zero-order chi connectivity index (χ0) is 12.6. The van der Waals surface area contributed by atoms with Gasteiger partial charge in [-0.1, -0.05) is 12.8 Å². The highest BCUT2D eigenvalue weighted by Crippen LogP contribution is 2.25. The van der Waals surface area contributed by atoms with E-state index >= 15 is 0 Å². The van der Waals surface area contributed by atoms with Crippen LogP contribution in [0.3, 0.4) is 0 Å². The van der Waals surface area contributed by atoms with E-state index in [1.807, 2.05) is 7.05 Å². The molecule has 0 saturated heterocycles. The molecule has 2 aromatic rings. The standard InChI is InChI=1S/C15H21NOS/c1-16-9-4-2-3-5-10-17-14-7-6-13-8-11-18-15(13)12-14/h6-8,11-12,16H,2-5,9-10H2,1H3. The van der Waals surface area contributed by atoms with Crippen molar-refractivity contribution in [2.24, 2.45) is 0 Å². The van der Waals surface area contributed by atoms with Crippen molar-refractivity contribution in [1.29, 1.82) is 0 Å². The Hall–Kier alpha value is -1.06. The third-order valence-corrected chi connectivity index (χ3v) is 3.90. The second-order valence-corrected chi connectivity index (χ2v) is 5.43. The largest absolute Gasteiger partial charge is 0.494 e. The fraction of sp³-hybridized carbons (Fsp3) is 0.467. The zero-order valence-electron chi connectivity index (χ0n) is 10.9. The Balaban J connectivity index is 1.67. The number of ether oxygens (including phenoxy) is 1. The van der Waals surface area contributed by atoms with Gasteiger partial charge in [-0.05, 0) is 61.5 Å². The molecule has 0 saturated carbocycles. The highest BCUT2D eigenvalue weighted by atomic mass is 32.1. The number of fused-ring (bicyclic) bond motifs is 1. The summed E-state index contributed by atoms with van der Waals surface area (Å²) < 4.78 is 7.09. The predicted octanol–water partition coefficient (Wildman–Crippen LogP) is 4.06. The van der Waals surface area contributed by atoms with Crippen molar-refractivity contribution in [3.63, 3.8) is 0 Å². The van der Waals surface area contributed by atoms with Crippen LogP contribution in [0, 0.1) is 0 Å². The second kappa shape index (κ2) is 7.39. The van der Waals surface area contributed by atoms with Gasteiger partial charge < -0.3 is 10.1 Å². The van der Waals surface area contributed by atoms with Gasteiger partial charge in [0.15, 0.2) is 0 Å². The Labute approximate surface area is 113 Å². The van der Waals surface area contributed by atoms with Crippen molar-refractivity contribution < 1.29 is 4.74 Å². The molecule has 1 N–H and O–H groups in total. The highest BCUT2D eigenvalue weighted by molar-refractivity contribution is 7.17. The molecule has 2 nitrogen and oxygen atoms in total. The monoisotopic (exact) mass is 263 g/mol. The molecule has 0 amide bonds.